The predicted molar refractivity (Wildman–Crippen MR) is 69.0 cm³/mol. The van der Waals surface area contributed by atoms with E-state index in [9.17, 15) is 24.8 Å². The molecule has 112 valence electrons. The first-order chi connectivity index (χ1) is 9.82. The van der Waals surface area contributed by atoms with E-state index in [1.165, 1.54) is 0 Å². The van der Waals surface area contributed by atoms with Gasteiger partial charge in [0.2, 0.25) is 5.15 Å². The number of hydrogen-bond acceptors (Lipinski definition) is 6. The van der Waals surface area contributed by atoms with Gasteiger partial charge in [0.15, 0.2) is 0 Å². The van der Waals surface area contributed by atoms with Gasteiger partial charge in [0.25, 0.3) is 5.91 Å². The molecule has 0 spiro atoms. The molecule has 1 aromatic rings. The lowest BCUT2D eigenvalue weighted by Crippen LogP contribution is -2.40. The number of carboxylic acid groups (broad SMARTS) is 1. The van der Waals surface area contributed by atoms with Crippen LogP contribution in [0, 0.1) is 10.1 Å². The Labute approximate surface area is 122 Å². The fourth-order valence-electron chi connectivity index (χ4n) is 2.20. The summed E-state index contributed by atoms with van der Waals surface area (Å²) in [5.74, 6) is -2.17. The van der Waals surface area contributed by atoms with Crippen LogP contribution in [0.2, 0.25) is 5.15 Å². The third-order valence-corrected chi connectivity index (χ3v) is 3.39. The minimum Gasteiger partial charge on any atom is -0.480 e. The zero-order chi connectivity index (χ0) is 15.7. The van der Waals surface area contributed by atoms with Crippen molar-refractivity contribution in [1.29, 1.82) is 0 Å². The van der Waals surface area contributed by atoms with Gasteiger partial charge in [0, 0.05) is 19.2 Å². The SMILES string of the molecule is O=C(O)C1CC(O)CN1C(=O)c1ccnc(Cl)c1[N+](=O)[O-]. The highest BCUT2D eigenvalue weighted by molar-refractivity contribution is 6.32. The van der Waals surface area contributed by atoms with E-state index in [0.717, 1.165) is 17.2 Å². The number of hydrogen-bond donors (Lipinski definition) is 2. The van der Waals surface area contributed by atoms with Crippen molar-refractivity contribution in [1.82, 2.24) is 9.88 Å². The summed E-state index contributed by atoms with van der Waals surface area (Å²) in [7, 11) is 0. The molecule has 2 rings (SSSR count). The Morgan fingerprint density at radius 2 is 2.19 bits per heavy atom. The van der Waals surface area contributed by atoms with Crippen LogP contribution in [0.25, 0.3) is 0 Å². The first-order valence-electron chi connectivity index (χ1n) is 5.83. The van der Waals surface area contributed by atoms with Gasteiger partial charge in [0.1, 0.15) is 11.6 Å². The van der Waals surface area contributed by atoms with E-state index in [2.05, 4.69) is 4.98 Å². The number of nitro groups is 1. The van der Waals surface area contributed by atoms with Crippen molar-refractivity contribution in [2.45, 2.75) is 18.6 Å². The molecule has 0 saturated carbocycles. The van der Waals surface area contributed by atoms with Crippen LogP contribution in [0.4, 0.5) is 5.69 Å². The second-order valence-electron chi connectivity index (χ2n) is 4.46. The van der Waals surface area contributed by atoms with E-state index in [4.69, 9.17) is 16.7 Å². The minimum absolute atomic E-state index is 0.131. The Morgan fingerprint density at radius 3 is 2.76 bits per heavy atom. The summed E-state index contributed by atoms with van der Waals surface area (Å²) in [6.45, 7) is -0.215. The lowest BCUT2D eigenvalue weighted by Gasteiger charge is -2.21. The van der Waals surface area contributed by atoms with Crippen molar-refractivity contribution in [3.05, 3.63) is 33.1 Å². The van der Waals surface area contributed by atoms with E-state index in [-0.39, 0.29) is 18.5 Å². The number of rotatable bonds is 3. The molecule has 0 aliphatic carbocycles. The van der Waals surface area contributed by atoms with Crippen LogP contribution in [0.15, 0.2) is 12.3 Å². The van der Waals surface area contributed by atoms with Crippen LogP contribution >= 0.6 is 11.6 Å². The Kier molecular flexibility index (Phi) is 4.05. The number of amides is 1. The molecule has 1 fully saturated rings. The number of aliphatic carboxylic acids is 1. The monoisotopic (exact) mass is 315 g/mol. The number of carboxylic acids is 1. The number of β-amino-alcohol motifs (C(OH)–C–C–N with tert-alkyl or cyclic N) is 1. The van der Waals surface area contributed by atoms with Crippen LogP contribution in [0.3, 0.4) is 0 Å². The van der Waals surface area contributed by atoms with Gasteiger partial charge in [-0.15, -0.1) is 0 Å². The third-order valence-electron chi connectivity index (χ3n) is 3.12. The number of carbonyl (C=O) groups is 2. The second kappa shape index (κ2) is 5.62. The zero-order valence-electron chi connectivity index (χ0n) is 10.5. The van der Waals surface area contributed by atoms with E-state index in [1.54, 1.807) is 0 Å². The summed E-state index contributed by atoms with van der Waals surface area (Å²) < 4.78 is 0. The summed E-state index contributed by atoms with van der Waals surface area (Å²) in [6, 6.07) is -0.144. The molecule has 2 N–H and O–H groups in total. The molecule has 1 saturated heterocycles. The molecule has 10 heteroatoms. The molecule has 0 radical (unpaired) electrons. The number of aliphatic hydroxyl groups is 1. The normalized spacial score (nSPS) is 21.3. The van der Waals surface area contributed by atoms with Gasteiger partial charge in [-0.05, 0) is 6.07 Å². The maximum Gasteiger partial charge on any atom is 0.326 e. The Hall–Kier alpha value is -2.26. The molecule has 1 aliphatic rings. The third kappa shape index (κ3) is 2.78. The fourth-order valence-corrected chi connectivity index (χ4v) is 2.43. The molecule has 0 aromatic carbocycles. The smallest absolute Gasteiger partial charge is 0.326 e. The van der Waals surface area contributed by atoms with Crippen molar-refractivity contribution in [2.75, 3.05) is 6.54 Å². The summed E-state index contributed by atoms with van der Waals surface area (Å²) in [5.41, 5.74) is -1.05. The maximum atomic E-state index is 12.3. The van der Waals surface area contributed by atoms with Crippen molar-refractivity contribution < 1.29 is 24.7 Å². The van der Waals surface area contributed by atoms with Gasteiger partial charge >= 0.3 is 11.7 Å². The van der Waals surface area contributed by atoms with Gasteiger partial charge in [-0.2, -0.15) is 0 Å². The zero-order valence-corrected chi connectivity index (χ0v) is 11.2. The quantitative estimate of drug-likeness (QED) is 0.465. The Bertz CT molecular complexity index is 622. The topological polar surface area (TPSA) is 134 Å². The standard InChI is InChI=1S/C11H10ClN3O6/c12-9-8(15(20)21)6(1-2-13-9)10(17)14-4-5(16)3-7(14)11(18)19/h1-2,5,7,16H,3-4H2,(H,18,19). The highest BCUT2D eigenvalue weighted by atomic mass is 35.5. The summed E-state index contributed by atoms with van der Waals surface area (Å²) in [4.78, 5) is 38.0. The summed E-state index contributed by atoms with van der Waals surface area (Å²) in [6.07, 6.45) is -0.00941. The summed E-state index contributed by atoms with van der Waals surface area (Å²) in [5, 5.41) is 29.1. The van der Waals surface area contributed by atoms with Gasteiger partial charge < -0.3 is 15.1 Å². The molecular weight excluding hydrogens is 306 g/mol. The lowest BCUT2D eigenvalue weighted by atomic mass is 10.1. The van der Waals surface area contributed by atoms with Gasteiger partial charge in [-0.3, -0.25) is 14.9 Å². The summed E-state index contributed by atoms with van der Waals surface area (Å²) >= 11 is 5.61. The van der Waals surface area contributed by atoms with Crippen LogP contribution in [0.5, 0.6) is 0 Å². The van der Waals surface area contributed by atoms with Crippen LogP contribution in [-0.2, 0) is 4.79 Å². The number of carbonyl (C=O) groups excluding carboxylic acids is 1. The molecule has 2 atom stereocenters. The largest absolute Gasteiger partial charge is 0.480 e. The van der Waals surface area contributed by atoms with Crippen LogP contribution < -0.4 is 0 Å². The van der Waals surface area contributed by atoms with Crippen molar-refractivity contribution >= 4 is 29.2 Å². The van der Waals surface area contributed by atoms with Crippen molar-refractivity contribution in [3.63, 3.8) is 0 Å². The number of halogens is 1. The fraction of sp³-hybridized carbons (Fsp3) is 0.364. The van der Waals surface area contributed by atoms with E-state index < -0.39 is 39.8 Å². The van der Waals surface area contributed by atoms with Crippen molar-refractivity contribution in [3.8, 4) is 0 Å². The van der Waals surface area contributed by atoms with Gasteiger partial charge in [0.05, 0.1) is 11.0 Å². The molecule has 9 nitrogen and oxygen atoms in total. The van der Waals surface area contributed by atoms with Crippen molar-refractivity contribution in [2.24, 2.45) is 0 Å². The van der Waals surface area contributed by atoms with Gasteiger partial charge in [-0.1, -0.05) is 11.6 Å². The number of likely N-dealkylation sites (tertiary alicyclic amines) is 1. The van der Waals surface area contributed by atoms with E-state index in [1.807, 2.05) is 0 Å². The average Bonchev–Trinajstić information content (AvgIpc) is 2.79. The molecule has 1 aromatic heterocycles. The Morgan fingerprint density at radius 1 is 1.52 bits per heavy atom. The number of nitrogens with zero attached hydrogens (tertiary/aromatic N) is 3. The lowest BCUT2D eigenvalue weighted by molar-refractivity contribution is -0.385. The molecule has 1 amide bonds. The molecule has 0 bridgehead atoms. The van der Waals surface area contributed by atoms with Crippen LogP contribution in [0.1, 0.15) is 16.8 Å². The van der Waals surface area contributed by atoms with E-state index in [0.29, 0.717) is 0 Å². The van der Waals surface area contributed by atoms with Crippen LogP contribution in [-0.4, -0.2) is 55.6 Å². The number of aromatic nitrogens is 1. The number of aliphatic hydroxyl groups excluding tert-OH is 1. The minimum atomic E-state index is -1.29. The molecule has 1 aliphatic heterocycles. The molecule has 21 heavy (non-hydrogen) atoms. The molecule has 2 unspecified atom stereocenters. The highest BCUT2D eigenvalue weighted by Gasteiger charge is 2.41. The predicted octanol–water partition coefficient (Wildman–Crippen LogP) is 0.303. The first kappa shape index (κ1) is 15.1. The second-order valence-corrected chi connectivity index (χ2v) is 4.81. The highest BCUT2D eigenvalue weighted by Crippen LogP contribution is 2.29. The molecular formula is C11H10ClN3O6. The number of pyridine rings is 1. The van der Waals surface area contributed by atoms with Gasteiger partial charge in [-0.25, -0.2) is 9.78 Å². The average molecular weight is 316 g/mol. The maximum absolute atomic E-state index is 12.3. The Balaban J connectivity index is 2.43. The van der Waals surface area contributed by atoms with E-state index >= 15 is 0 Å². The molecule has 2 heterocycles. The first-order valence-corrected chi connectivity index (χ1v) is 6.21.